The molecule has 0 fully saturated rings. The maximum Gasteiger partial charge on any atom is 0.178 e. The van der Waals surface area contributed by atoms with Crippen LogP contribution in [-0.4, -0.2) is 11.6 Å². The molecule has 0 N–H and O–H groups in total. The summed E-state index contributed by atoms with van der Waals surface area (Å²) in [6.45, 7) is 6.58. The molecule has 3 aliphatic rings. The first kappa shape index (κ1) is 12.6. The van der Waals surface area contributed by atoms with Gasteiger partial charge in [-0.3, -0.25) is 9.59 Å². The first-order valence-electron chi connectivity index (χ1n) is 7.06. The van der Waals surface area contributed by atoms with Crippen molar-refractivity contribution >= 4 is 11.6 Å². The predicted molar refractivity (Wildman–Crippen MR) is 74.6 cm³/mol. The van der Waals surface area contributed by atoms with Crippen molar-refractivity contribution in [1.82, 2.24) is 0 Å². The molecular formula is C17H20O2. The van der Waals surface area contributed by atoms with Crippen LogP contribution in [0.15, 0.2) is 34.9 Å². The molecule has 0 saturated carbocycles. The monoisotopic (exact) mass is 256 g/mol. The molecule has 0 aromatic heterocycles. The Hall–Kier alpha value is -1.44. The Morgan fingerprint density at radius 1 is 1.05 bits per heavy atom. The van der Waals surface area contributed by atoms with Crippen LogP contribution in [0.4, 0.5) is 0 Å². The molecule has 1 unspecified atom stereocenters. The van der Waals surface area contributed by atoms with Crippen LogP contribution >= 0.6 is 0 Å². The molecule has 0 radical (unpaired) electrons. The summed E-state index contributed by atoms with van der Waals surface area (Å²) in [4.78, 5) is 24.1. The van der Waals surface area contributed by atoms with E-state index in [1.807, 2.05) is 6.08 Å². The molecule has 3 rings (SSSR count). The lowest BCUT2D eigenvalue weighted by atomic mass is 9.59. The van der Waals surface area contributed by atoms with Crippen molar-refractivity contribution in [1.29, 1.82) is 0 Å². The van der Waals surface area contributed by atoms with Crippen LogP contribution in [0.1, 0.15) is 46.5 Å². The number of rotatable bonds is 0. The summed E-state index contributed by atoms with van der Waals surface area (Å²) in [5.41, 5.74) is 3.09. The van der Waals surface area contributed by atoms with Crippen LogP contribution < -0.4 is 0 Å². The lowest BCUT2D eigenvalue weighted by Gasteiger charge is -2.44. The summed E-state index contributed by atoms with van der Waals surface area (Å²) >= 11 is 0. The van der Waals surface area contributed by atoms with Crippen molar-refractivity contribution in [3.05, 3.63) is 34.9 Å². The molecule has 0 saturated heterocycles. The van der Waals surface area contributed by atoms with E-state index in [4.69, 9.17) is 0 Å². The summed E-state index contributed by atoms with van der Waals surface area (Å²) in [7, 11) is 0. The summed E-state index contributed by atoms with van der Waals surface area (Å²) in [6, 6.07) is 0. The van der Waals surface area contributed by atoms with Gasteiger partial charge < -0.3 is 0 Å². The van der Waals surface area contributed by atoms with Gasteiger partial charge in [0.1, 0.15) is 0 Å². The Kier molecular flexibility index (Phi) is 2.51. The second-order valence-corrected chi connectivity index (χ2v) is 6.87. The van der Waals surface area contributed by atoms with Crippen LogP contribution in [0.3, 0.4) is 0 Å². The van der Waals surface area contributed by atoms with E-state index in [0.717, 1.165) is 30.4 Å². The number of carbonyl (C=O) groups is 2. The molecule has 2 heteroatoms. The third-order valence-corrected chi connectivity index (χ3v) is 5.06. The van der Waals surface area contributed by atoms with Crippen molar-refractivity contribution < 1.29 is 9.59 Å². The topological polar surface area (TPSA) is 34.1 Å². The Balaban J connectivity index is 2.22. The highest BCUT2D eigenvalue weighted by molar-refractivity contribution is 6.08. The van der Waals surface area contributed by atoms with Gasteiger partial charge in [0.05, 0.1) is 0 Å². The number of fused-ring (bicyclic) bond motifs is 2. The van der Waals surface area contributed by atoms with Gasteiger partial charge in [-0.2, -0.15) is 0 Å². The van der Waals surface area contributed by atoms with Crippen LogP contribution in [-0.2, 0) is 9.59 Å². The van der Waals surface area contributed by atoms with Crippen molar-refractivity contribution in [2.75, 3.05) is 0 Å². The average molecular weight is 256 g/mol. The highest BCUT2D eigenvalue weighted by Crippen LogP contribution is 2.53. The molecule has 100 valence electrons. The quantitative estimate of drug-likeness (QED) is 0.664. The minimum Gasteiger partial charge on any atom is -0.294 e. The standard InChI is InChI=1S/C17H20O2/c1-16(2)7-6-14(19)15-12(16)5-9-17(3)8-4-11(18)10-13(15)17/h4,8,10H,5-7,9H2,1-3H3. The smallest absolute Gasteiger partial charge is 0.178 e. The molecule has 0 amide bonds. The summed E-state index contributed by atoms with van der Waals surface area (Å²) in [5.74, 6) is 0.243. The van der Waals surface area contributed by atoms with E-state index in [-0.39, 0.29) is 22.4 Å². The second-order valence-electron chi connectivity index (χ2n) is 6.87. The first-order chi connectivity index (χ1) is 8.83. The molecule has 0 bridgehead atoms. The molecule has 0 aromatic rings. The Morgan fingerprint density at radius 3 is 2.53 bits per heavy atom. The minimum atomic E-state index is -0.129. The lowest BCUT2D eigenvalue weighted by molar-refractivity contribution is -0.116. The number of hydrogen-bond acceptors (Lipinski definition) is 2. The number of hydrogen-bond donors (Lipinski definition) is 0. The average Bonchev–Trinajstić information content (AvgIpc) is 2.34. The Labute approximate surface area is 114 Å². The lowest BCUT2D eigenvalue weighted by Crippen LogP contribution is -2.36. The van der Waals surface area contributed by atoms with Crippen molar-refractivity contribution in [3.8, 4) is 0 Å². The van der Waals surface area contributed by atoms with Gasteiger partial charge in [0, 0.05) is 17.4 Å². The molecular weight excluding hydrogens is 236 g/mol. The van der Waals surface area contributed by atoms with E-state index in [0.29, 0.717) is 6.42 Å². The van der Waals surface area contributed by atoms with Gasteiger partial charge in [0.2, 0.25) is 0 Å². The number of ketones is 2. The number of carbonyl (C=O) groups excluding carboxylic acids is 2. The van der Waals surface area contributed by atoms with Gasteiger partial charge in [-0.1, -0.05) is 32.4 Å². The van der Waals surface area contributed by atoms with E-state index in [2.05, 4.69) is 20.8 Å². The predicted octanol–water partition coefficient (Wildman–Crippen LogP) is 3.54. The van der Waals surface area contributed by atoms with Gasteiger partial charge in [-0.25, -0.2) is 0 Å². The van der Waals surface area contributed by atoms with Crippen LogP contribution in [0.5, 0.6) is 0 Å². The zero-order valence-electron chi connectivity index (χ0n) is 11.9. The zero-order valence-corrected chi connectivity index (χ0v) is 11.9. The fraction of sp³-hybridized carbons (Fsp3) is 0.529. The van der Waals surface area contributed by atoms with E-state index in [1.165, 1.54) is 5.57 Å². The fourth-order valence-corrected chi connectivity index (χ4v) is 3.66. The first-order valence-corrected chi connectivity index (χ1v) is 7.06. The highest BCUT2D eigenvalue weighted by atomic mass is 16.1. The third-order valence-electron chi connectivity index (χ3n) is 5.06. The summed E-state index contributed by atoms with van der Waals surface area (Å²) in [6.07, 6.45) is 8.83. The zero-order chi connectivity index (χ0) is 13.8. The van der Waals surface area contributed by atoms with Gasteiger partial charge >= 0.3 is 0 Å². The van der Waals surface area contributed by atoms with Gasteiger partial charge in [-0.05, 0) is 42.4 Å². The van der Waals surface area contributed by atoms with E-state index < -0.39 is 0 Å². The molecule has 19 heavy (non-hydrogen) atoms. The molecule has 0 spiro atoms. The molecule has 1 atom stereocenters. The normalized spacial score (nSPS) is 32.9. The maximum atomic E-state index is 12.4. The Morgan fingerprint density at radius 2 is 1.79 bits per heavy atom. The molecule has 2 nitrogen and oxygen atoms in total. The number of Topliss-reactive ketones (excluding diaryl/α,β-unsaturated/α-hetero) is 1. The van der Waals surface area contributed by atoms with Crippen molar-refractivity contribution in [2.24, 2.45) is 10.8 Å². The van der Waals surface area contributed by atoms with Crippen LogP contribution in [0, 0.1) is 10.8 Å². The highest BCUT2D eigenvalue weighted by Gasteiger charge is 2.44. The van der Waals surface area contributed by atoms with Gasteiger partial charge in [0.15, 0.2) is 11.6 Å². The SMILES string of the molecule is CC1(C)CCC(=O)C2=C1CCC1(C)C=CC(=O)C=C21. The van der Waals surface area contributed by atoms with Crippen LogP contribution in [0.2, 0.25) is 0 Å². The van der Waals surface area contributed by atoms with E-state index in [9.17, 15) is 9.59 Å². The van der Waals surface area contributed by atoms with Gasteiger partial charge in [0.25, 0.3) is 0 Å². The van der Waals surface area contributed by atoms with Crippen molar-refractivity contribution in [3.63, 3.8) is 0 Å². The van der Waals surface area contributed by atoms with Gasteiger partial charge in [-0.15, -0.1) is 0 Å². The summed E-state index contributed by atoms with van der Waals surface area (Å²) in [5, 5.41) is 0. The second kappa shape index (κ2) is 3.78. The third kappa shape index (κ3) is 1.77. The van der Waals surface area contributed by atoms with Crippen molar-refractivity contribution in [2.45, 2.75) is 46.5 Å². The summed E-state index contributed by atoms with van der Waals surface area (Å²) < 4.78 is 0. The van der Waals surface area contributed by atoms with E-state index in [1.54, 1.807) is 12.2 Å². The molecule has 3 aliphatic carbocycles. The molecule has 0 aliphatic heterocycles. The maximum absolute atomic E-state index is 12.4. The molecule has 0 heterocycles. The number of allylic oxidation sites excluding steroid dienone is 6. The fourth-order valence-electron chi connectivity index (χ4n) is 3.66. The molecule has 0 aromatic carbocycles. The van der Waals surface area contributed by atoms with E-state index >= 15 is 0 Å². The largest absolute Gasteiger partial charge is 0.294 e. The minimum absolute atomic E-state index is 0.0115. The Bertz CT molecular complexity index is 572. The van der Waals surface area contributed by atoms with Crippen LogP contribution in [0.25, 0.3) is 0 Å².